The van der Waals surface area contributed by atoms with Crippen molar-refractivity contribution in [3.05, 3.63) is 52.1 Å². The van der Waals surface area contributed by atoms with E-state index in [0.717, 1.165) is 21.3 Å². The van der Waals surface area contributed by atoms with Crippen LogP contribution < -0.4 is 4.74 Å². The number of aliphatic hydroxyl groups is 1. The largest absolute Gasteiger partial charge is 0.439 e. The van der Waals surface area contributed by atoms with Crippen molar-refractivity contribution in [3.8, 4) is 11.6 Å². The Balaban J connectivity index is 2.10. The molecule has 0 fully saturated rings. The van der Waals surface area contributed by atoms with E-state index in [1.165, 1.54) is 0 Å². The second kappa shape index (κ2) is 5.98. The smallest absolute Gasteiger partial charge is 0.219 e. The number of pyridine rings is 1. The van der Waals surface area contributed by atoms with Crippen molar-refractivity contribution in [3.63, 3.8) is 0 Å². The van der Waals surface area contributed by atoms with Crippen LogP contribution in [0.25, 0.3) is 0 Å². The first-order chi connectivity index (χ1) is 8.69. The molecule has 2 rings (SSSR count). The molecule has 4 heteroatoms. The van der Waals surface area contributed by atoms with Gasteiger partial charge in [0.1, 0.15) is 5.75 Å². The van der Waals surface area contributed by atoms with Gasteiger partial charge in [-0.25, -0.2) is 4.98 Å². The molecule has 1 aromatic carbocycles. The third-order valence-corrected chi connectivity index (χ3v) is 3.40. The first kappa shape index (κ1) is 13.1. The minimum absolute atomic E-state index is 0.160. The molecule has 2 aromatic rings. The molecule has 3 nitrogen and oxygen atoms in total. The molecular formula is C14H14BrNO2. The summed E-state index contributed by atoms with van der Waals surface area (Å²) >= 11 is 3.40. The molecule has 0 bridgehead atoms. The highest BCUT2D eigenvalue weighted by molar-refractivity contribution is 9.10. The molecule has 0 saturated heterocycles. The van der Waals surface area contributed by atoms with Gasteiger partial charge in [-0.05, 0) is 52.5 Å². The summed E-state index contributed by atoms with van der Waals surface area (Å²) in [4.78, 5) is 4.18. The van der Waals surface area contributed by atoms with Crippen LogP contribution >= 0.6 is 15.9 Å². The van der Waals surface area contributed by atoms with Crippen molar-refractivity contribution in [2.45, 2.75) is 13.3 Å². The summed E-state index contributed by atoms with van der Waals surface area (Å²) in [6, 6.07) is 9.52. The number of halogens is 1. The summed E-state index contributed by atoms with van der Waals surface area (Å²) in [6.45, 7) is 2.15. The molecule has 1 N–H and O–H groups in total. The van der Waals surface area contributed by atoms with Gasteiger partial charge in [0.05, 0.1) is 0 Å². The lowest BCUT2D eigenvalue weighted by atomic mass is 10.1. The standard InChI is InChI=1S/C14H14BrNO2/c1-10-8-14(16-9-13(10)15)18-12-4-2-11(3-5-12)6-7-17/h2-5,8-9,17H,6-7H2,1H3. The predicted molar refractivity (Wildman–Crippen MR) is 74.0 cm³/mol. The van der Waals surface area contributed by atoms with Gasteiger partial charge in [0.2, 0.25) is 5.88 Å². The normalized spacial score (nSPS) is 10.4. The third kappa shape index (κ3) is 3.31. The van der Waals surface area contributed by atoms with Crippen molar-refractivity contribution in [2.75, 3.05) is 6.61 Å². The molecule has 18 heavy (non-hydrogen) atoms. The molecule has 0 spiro atoms. The minimum Gasteiger partial charge on any atom is -0.439 e. The van der Waals surface area contributed by atoms with Gasteiger partial charge >= 0.3 is 0 Å². The number of nitrogens with zero attached hydrogens (tertiary/aromatic N) is 1. The van der Waals surface area contributed by atoms with Crippen LogP contribution in [0.3, 0.4) is 0 Å². The van der Waals surface area contributed by atoms with Crippen molar-refractivity contribution in [1.82, 2.24) is 4.98 Å². The van der Waals surface area contributed by atoms with E-state index in [4.69, 9.17) is 9.84 Å². The Kier molecular flexibility index (Phi) is 4.33. The van der Waals surface area contributed by atoms with Gasteiger partial charge in [-0.2, -0.15) is 0 Å². The average molecular weight is 308 g/mol. The lowest BCUT2D eigenvalue weighted by molar-refractivity contribution is 0.299. The highest BCUT2D eigenvalue weighted by Gasteiger charge is 2.02. The highest BCUT2D eigenvalue weighted by atomic mass is 79.9. The van der Waals surface area contributed by atoms with Gasteiger partial charge in [0.15, 0.2) is 0 Å². The Hall–Kier alpha value is -1.39. The van der Waals surface area contributed by atoms with Gasteiger partial charge in [-0.15, -0.1) is 0 Å². The monoisotopic (exact) mass is 307 g/mol. The van der Waals surface area contributed by atoms with Crippen LogP contribution in [-0.2, 0) is 6.42 Å². The number of aliphatic hydroxyl groups excluding tert-OH is 1. The van der Waals surface area contributed by atoms with E-state index < -0.39 is 0 Å². The van der Waals surface area contributed by atoms with E-state index in [-0.39, 0.29) is 6.61 Å². The van der Waals surface area contributed by atoms with E-state index in [1.54, 1.807) is 6.20 Å². The zero-order chi connectivity index (χ0) is 13.0. The van der Waals surface area contributed by atoms with Crippen molar-refractivity contribution in [1.29, 1.82) is 0 Å². The van der Waals surface area contributed by atoms with Gasteiger partial charge in [0.25, 0.3) is 0 Å². The Labute approximate surface area is 115 Å². The zero-order valence-electron chi connectivity index (χ0n) is 10.1. The molecular weight excluding hydrogens is 294 g/mol. The quantitative estimate of drug-likeness (QED) is 0.940. The number of hydrogen-bond acceptors (Lipinski definition) is 3. The Morgan fingerprint density at radius 1 is 1.28 bits per heavy atom. The van der Waals surface area contributed by atoms with Crippen LogP contribution in [0.1, 0.15) is 11.1 Å². The predicted octanol–water partition coefficient (Wildman–Crippen LogP) is 3.48. The van der Waals surface area contributed by atoms with Gasteiger partial charge in [-0.3, -0.25) is 0 Å². The number of rotatable bonds is 4. The third-order valence-electron chi connectivity index (χ3n) is 2.57. The van der Waals surface area contributed by atoms with Crippen molar-refractivity contribution in [2.24, 2.45) is 0 Å². The average Bonchev–Trinajstić information content (AvgIpc) is 2.37. The van der Waals surface area contributed by atoms with E-state index in [2.05, 4.69) is 20.9 Å². The second-order valence-corrected chi connectivity index (χ2v) is 4.85. The number of benzene rings is 1. The maximum Gasteiger partial charge on any atom is 0.219 e. The lowest BCUT2D eigenvalue weighted by Crippen LogP contribution is -1.92. The van der Waals surface area contributed by atoms with Crippen LogP contribution in [0.5, 0.6) is 11.6 Å². The highest BCUT2D eigenvalue weighted by Crippen LogP contribution is 2.23. The fourth-order valence-corrected chi connectivity index (χ4v) is 1.76. The van der Waals surface area contributed by atoms with Gasteiger partial charge < -0.3 is 9.84 Å². The molecule has 0 amide bonds. The van der Waals surface area contributed by atoms with Crippen LogP contribution in [0.15, 0.2) is 41.0 Å². The van der Waals surface area contributed by atoms with Gasteiger partial charge in [0, 0.05) is 23.3 Å². The topological polar surface area (TPSA) is 42.4 Å². The summed E-state index contributed by atoms with van der Waals surface area (Å²) < 4.78 is 6.62. The molecule has 0 radical (unpaired) electrons. The second-order valence-electron chi connectivity index (χ2n) is 3.99. The van der Waals surface area contributed by atoms with Crippen LogP contribution in [0.2, 0.25) is 0 Å². The molecule has 0 atom stereocenters. The van der Waals surface area contributed by atoms with Crippen molar-refractivity contribution < 1.29 is 9.84 Å². The van der Waals surface area contributed by atoms with E-state index >= 15 is 0 Å². The van der Waals surface area contributed by atoms with E-state index in [1.807, 2.05) is 37.3 Å². The molecule has 0 aliphatic heterocycles. The number of hydrogen-bond donors (Lipinski definition) is 1. The summed E-state index contributed by atoms with van der Waals surface area (Å²) in [5.41, 5.74) is 2.17. The van der Waals surface area contributed by atoms with E-state index in [9.17, 15) is 0 Å². The van der Waals surface area contributed by atoms with E-state index in [0.29, 0.717) is 12.3 Å². The maximum atomic E-state index is 8.84. The summed E-state index contributed by atoms with van der Waals surface area (Å²) in [5.74, 6) is 1.32. The number of ether oxygens (including phenoxy) is 1. The molecule has 0 aliphatic carbocycles. The molecule has 1 heterocycles. The van der Waals surface area contributed by atoms with Crippen LogP contribution in [0, 0.1) is 6.92 Å². The maximum absolute atomic E-state index is 8.84. The molecule has 0 aliphatic rings. The first-order valence-electron chi connectivity index (χ1n) is 5.69. The summed E-state index contributed by atoms with van der Waals surface area (Å²) in [7, 11) is 0. The number of aryl methyl sites for hydroxylation is 1. The first-order valence-corrected chi connectivity index (χ1v) is 6.48. The molecule has 0 saturated carbocycles. The summed E-state index contributed by atoms with van der Waals surface area (Å²) in [5, 5.41) is 8.84. The zero-order valence-corrected chi connectivity index (χ0v) is 11.6. The number of aromatic nitrogens is 1. The Morgan fingerprint density at radius 3 is 2.61 bits per heavy atom. The van der Waals surface area contributed by atoms with Crippen LogP contribution in [0.4, 0.5) is 0 Å². The lowest BCUT2D eigenvalue weighted by Gasteiger charge is -2.07. The van der Waals surface area contributed by atoms with Crippen LogP contribution in [-0.4, -0.2) is 16.7 Å². The fourth-order valence-electron chi connectivity index (χ4n) is 1.54. The molecule has 0 unspecified atom stereocenters. The van der Waals surface area contributed by atoms with Gasteiger partial charge in [-0.1, -0.05) is 12.1 Å². The SMILES string of the molecule is Cc1cc(Oc2ccc(CCO)cc2)ncc1Br. The Bertz CT molecular complexity index is 526. The molecule has 94 valence electrons. The summed E-state index contributed by atoms with van der Waals surface area (Å²) in [6.07, 6.45) is 2.39. The van der Waals surface area contributed by atoms with Crippen molar-refractivity contribution >= 4 is 15.9 Å². The minimum atomic E-state index is 0.160. The Morgan fingerprint density at radius 2 is 2.00 bits per heavy atom. The molecule has 1 aromatic heterocycles. The fraction of sp³-hybridized carbons (Fsp3) is 0.214.